The van der Waals surface area contributed by atoms with Crippen molar-refractivity contribution in [1.29, 1.82) is 5.26 Å². The van der Waals surface area contributed by atoms with Gasteiger partial charge in [-0.05, 0) is 24.6 Å². The summed E-state index contributed by atoms with van der Waals surface area (Å²) in [6.07, 6.45) is 0. The molecule has 0 saturated heterocycles. The van der Waals surface area contributed by atoms with Crippen LogP contribution in [0, 0.1) is 18.3 Å². The summed E-state index contributed by atoms with van der Waals surface area (Å²) >= 11 is 6.45. The normalized spacial score (nSPS) is 15.1. The molecule has 2 N–H and O–H groups in total. The first kappa shape index (κ1) is 20.6. The highest BCUT2D eigenvalue weighted by molar-refractivity contribution is 6.31. The van der Waals surface area contributed by atoms with Gasteiger partial charge in [0, 0.05) is 22.3 Å². The fraction of sp³-hybridized carbons (Fsp3) is 0.167. The number of aromatic nitrogens is 1. The number of hydrogen-bond donors (Lipinski definition) is 1. The Kier molecular flexibility index (Phi) is 5.45. The van der Waals surface area contributed by atoms with E-state index in [0.29, 0.717) is 39.9 Å². The van der Waals surface area contributed by atoms with E-state index in [4.69, 9.17) is 26.8 Å². The molecule has 2 aromatic carbocycles. The Bertz CT molecular complexity index is 1300. The summed E-state index contributed by atoms with van der Waals surface area (Å²) in [7, 11) is 1.59. The lowest BCUT2D eigenvalue weighted by molar-refractivity contribution is 0.388. The first-order valence-electron chi connectivity index (χ1n) is 9.64. The van der Waals surface area contributed by atoms with Crippen LogP contribution in [-0.4, -0.2) is 11.7 Å². The predicted octanol–water partition coefficient (Wildman–Crippen LogP) is 4.09. The highest BCUT2D eigenvalue weighted by Gasteiger charge is 2.35. The van der Waals surface area contributed by atoms with Gasteiger partial charge in [0.2, 0.25) is 5.88 Å². The van der Waals surface area contributed by atoms with Crippen molar-refractivity contribution in [3.8, 4) is 17.6 Å². The van der Waals surface area contributed by atoms with Gasteiger partial charge in [-0.2, -0.15) is 5.26 Å². The van der Waals surface area contributed by atoms with Crippen LogP contribution in [0.1, 0.15) is 28.3 Å². The van der Waals surface area contributed by atoms with Crippen molar-refractivity contribution < 1.29 is 9.47 Å². The number of nitrogens with zero attached hydrogens (tertiary/aromatic N) is 2. The van der Waals surface area contributed by atoms with Gasteiger partial charge in [0.05, 0.1) is 25.1 Å². The van der Waals surface area contributed by atoms with Gasteiger partial charge in [0.15, 0.2) is 0 Å². The van der Waals surface area contributed by atoms with E-state index in [2.05, 4.69) is 6.07 Å². The summed E-state index contributed by atoms with van der Waals surface area (Å²) in [6.45, 7) is 2.13. The maximum absolute atomic E-state index is 13.7. The molecular formula is C24H20ClN3O3. The van der Waals surface area contributed by atoms with Crippen LogP contribution >= 0.6 is 11.6 Å². The molecule has 0 fully saturated rings. The standard InChI is InChI=1S/C24H20ClN3O3/c1-14-11-20-22(24(29)28(14)13-15-7-3-6-10-19(15)30-2)21(17(12-26)23(27)31-20)16-8-4-5-9-18(16)25/h3-11,21H,13,27H2,1-2H3/t21-/m0/s1. The molecule has 0 radical (unpaired) electrons. The zero-order valence-corrected chi connectivity index (χ0v) is 17.8. The van der Waals surface area contributed by atoms with E-state index in [0.717, 1.165) is 5.56 Å². The first-order chi connectivity index (χ1) is 15.0. The molecule has 4 rings (SSSR count). The molecule has 2 heterocycles. The summed E-state index contributed by atoms with van der Waals surface area (Å²) < 4.78 is 12.8. The summed E-state index contributed by atoms with van der Waals surface area (Å²) in [6, 6.07) is 18.5. The summed E-state index contributed by atoms with van der Waals surface area (Å²) in [5, 5.41) is 10.2. The third kappa shape index (κ3) is 3.54. The number of nitrogens with two attached hydrogens (primary N) is 1. The molecule has 1 aliphatic rings. The van der Waals surface area contributed by atoms with E-state index in [1.807, 2.05) is 37.3 Å². The Morgan fingerprint density at radius 1 is 1.23 bits per heavy atom. The zero-order chi connectivity index (χ0) is 22.1. The van der Waals surface area contributed by atoms with Crippen LogP contribution < -0.4 is 20.8 Å². The quantitative estimate of drug-likeness (QED) is 0.669. The van der Waals surface area contributed by atoms with Crippen molar-refractivity contribution in [3.63, 3.8) is 0 Å². The van der Waals surface area contributed by atoms with Gasteiger partial charge in [0.25, 0.3) is 5.56 Å². The van der Waals surface area contributed by atoms with Crippen LogP contribution in [-0.2, 0) is 6.54 Å². The number of para-hydroxylation sites is 1. The van der Waals surface area contributed by atoms with E-state index >= 15 is 0 Å². The van der Waals surface area contributed by atoms with Crippen LogP contribution in [0.4, 0.5) is 0 Å². The lowest BCUT2D eigenvalue weighted by Crippen LogP contribution is -2.33. The maximum atomic E-state index is 13.7. The number of benzene rings is 2. The molecular weight excluding hydrogens is 414 g/mol. The van der Waals surface area contributed by atoms with E-state index in [1.54, 1.807) is 35.9 Å². The molecule has 0 spiro atoms. The lowest BCUT2D eigenvalue weighted by Gasteiger charge is -2.28. The molecule has 1 aromatic heterocycles. The molecule has 1 atom stereocenters. The molecule has 0 aliphatic carbocycles. The maximum Gasteiger partial charge on any atom is 0.259 e. The van der Waals surface area contributed by atoms with Crippen LogP contribution in [0.5, 0.6) is 11.5 Å². The number of halogens is 1. The van der Waals surface area contributed by atoms with E-state index < -0.39 is 5.92 Å². The number of rotatable bonds is 4. The smallest absolute Gasteiger partial charge is 0.259 e. The molecule has 3 aromatic rings. The Hall–Kier alpha value is -3.69. The minimum atomic E-state index is -0.723. The van der Waals surface area contributed by atoms with Crippen molar-refractivity contribution in [1.82, 2.24) is 4.57 Å². The van der Waals surface area contributed by atoms with Crippen LogP contribution in [0.15, 0.2) is 70.8 Å². The SMILES string of the molecule is COc1ccccc1Cn1c(C)cc2c(c1=O)[C@@H](c1ccccc1Cl)C(C#N)=C(N)O2. The number of hydrogen-bond acceptors (Lipinski definition) is 5. The monoisotopic (exact) mass is 433 g/mol. The topological polar surface area (TPSA) is 90.3 Å². The van der Waals surface area contributed by atoms with Gasteiger partial charge in [-0.3, -0.25) is 4.79 Å². The van der Waals surface area contributed by atoms with Gasteiger partial charge < -0.3 is 19.8 Å². The van der Waals surface area contributed by atoms with Gasteiger partial charge in [-0.1, -0.05) is 48.0 Å². The van der Waals surface area contributed by atoms with Crippen LogP contribution in [0.25, 0.3) is 0 Å². The number of methoxy groups -OCH3 is 1. The van der Waals surface area contributed by atoms with Crippen LogP contribution in [0.3, 0.4) is 0 Å². The average Bonchev–Trinajstić information content (AvgIpc) is 2.76. The number of aryl methyl sites for hydroxylation is 1. The number of pyridine rings is 1. The number of ether oxygens (including phenoxy) is 2. The van der Waals surface area contributed by atoms with E-state index in [-0.39, 0.29) is 17.0 Å². The second kappa shape index (κ2) is 8.21. The Morgan fingerprint density at radius 3 is 2.65 bits per heavy atom. The van der Waals surface area contributed by atoms with Gasteiger partial charge in [0.1, 0.15) is 23.1 Å². The largest absolute Gasteiger partial charge is 0.496 e. The van der Waals surface area contributed by atoms with Gasteiger partial charge >= 0.3 is 0 Å². The zero-order valence-electron chi connectivity index (χ0n) is 17.1. The number of fused-ring (bicyclic) bond motifs is 1. The molecule has 0 unspecified atom stereocenters. The van der Waals surface area contributed by atoms with Crippen LogP contribution in [0.2, 0.25) is 5.02 Å². The molecule has 0 amide bonds. The van der Waals surface area contributed by atoms with Gasteiger partial charge in [-0.15, -0.1) is 0 Å². The highest BCUT2D eigenvalue weighted by Crippen LogP contribution is 2.42. The molecule has 7 heteroatoms. The van der Waals surface area contributed by atoms with Crippen molar-refractivity contribution in [2.24, 2.45) is 5.73 Å². The molecule has 156 valence electrons. The fourth-order valence-corrected chi connectivity index (χ4v) is 4.15. The minimum absolute atomic E-state index is 0.0267. The minimum Gasteiger partial charge on any atom is -0.496 e. The van der Waals surface area contributed by atoms with Gasteiger partial charge in [-0.25, -0.2) is 0 Å². The molecule has 0 saturated carbocycles. The average molecular weight is 434 g/mol. The molecule has 0 bridgehead atoms. The molecule has 6 nitrogen and oxygen atoms in total. The van der Waals surface area contributed by atoms with E-state index in [9.17, 15) is 10.1 Å². The number of allylic oxidation sites excluding steroid dienone is 1. The highest BCUT2D eigenvalue weighted by atomic mass is 35.5. The summed E-state index contributed by atoms with van der Waals surface area (Å²) in [5.74, 6) is 0.271. The number of nitriles is 1. The van der Waals surface area contributed by atoms with Crippen molar-refractivity contribution >= 4 is 11.6 Å². The summed E-state index contributed by atoms with van der Waals surface area (Å²) in [5.41, 5.74) is 8.44. The molecule has 31 heavy (non-hydrogen) atoms. The first-order valence-corrected chi connectivity index (χ1v) is 10.0. The Morgan fingerprint density at radius 2 is 1.94 bits per heavy atom. The fourth-order valence-electron chi connectivity index (χ4n) is 3.91. The third-order valence-electron chi connectivity index (χ3n) is 5.43. The van der Waals surface area contributed by atoms with Crippen molar-refractivity contribution in [2.75, 3.05) is 7.11 Å². The predicted molar refractivity (Wildman–Crippen MR) is 118 cm³/mol. The third-order valence-corrected chi connectivity index (χ3v) is 5.77. The van der Waals surface area contributed by atoms with E-state index in [1.165, 1.54) is 0 Å². The Labute approximate surface area is 184 Å². The second-order valence-corrected chi connectivity index (χ2v) is 7.62. The van der Waals surface area contributed by atoms with Crippen molar-refractivity contribution in [2.45, 2.75) is 19.4 Å². The lowest BCUT2D eigenvalue weighted by atomic mass is 9.84. The summed E-state index contributed by atoms with van der Waals surface area (Å²) in [4.78, 5) is 13.7. The Balaban J connectivity index is 1.95. The second-order valence-electron chi connectivity index (χ2n) is 7.21. The van der Waals surface area contributed by atoms with Crippen molar-refractivity contribution in [3.05, 3.63) is 104 Å². The molecule has 1 aliphatic heterocycles.